The summed E-state index contributed by atoms with van der Waals surface area (Å²) in [7, 11) is 0. The Morgan fingerprint density at radius 1 is 1.16 bits per heavy atom. The van der Waals surface area contributed by atoms with Crippen LogP contribution in [0, 0.1) is 0 Å². The molecule has 1 aromatic carbocycles. The van der Waals surface area contributed by atoms with Crippen LogP contribution < -0.4 is 11.1 Å². The van der Waals surface area contributed by atoms with Crippen LogP contribution in [0.3, 0.4) is 0 Å². The molecule has 5 heteroatoms. The quantitative estimate of drug-likeness (QED) is 0.906. The number of anilines is 1. The molecule has 4 nitrogen and oxygen atoms in total. The lowest BCUT2D eigenvalue weighted by molar-refractivity contribution is 0.102. The first-order valence-corrected chi connectivity index (χ1v) is 5.74. The van der Waals surface area contributed by atoms with Gasteiger partial charge in [-0.3, -0.25) is 9.78 Å². The molecule has 1 atom stereocenters. The van der Waals surface area contributed by atoms with Crippen LogP contribution in [0.15, 0.2) is 48.8 Å². The van der Waals surface area contributed by atoms with Crippen molar-refractivity contribution < 1.29 is 4.79 Å². The Hall–Kier alpha value is -1.91. The summed E-state index contributed by atoms with van der Waals surface area (Å²) >= 11 is 0. The summed E-state index contributed by atoms with van der Waals surface area (Å²) in [6, 6.07) is 10.7. The number of carbonyl (C=O) groups excluding carboxylic acids is 1. The average molecular weight is 278 g/mol. The first-order chi connectivity index (χ1) is 8.66. The molecule has 3 N–H and O–H groups in total. The molecule has 0 unspecified atom stereocenters. The molecule has 0 fully saturated rings. The maximum absolute atomic E-state index is 11.9. The summed E-state index contributed by atoms with van der Waals surface area (Å²) in [5, 5.41) is 2.80. The molecule has 19 heavy (non-hydrogen) atoms. The highest BCUT2D eigenvalue weighted by Gasteiger charge is 2.06. The smallest absolute Gasteiger partial charge is 0.255 e. The largest absolute Gasteiger partial charge is 0.324 e. The fourth-order valence-electron chi connectivity index (χ4n) is 1.58. The number of carbonyl (C=O) groups is 1. The molecule has 2 aromatic rings. The number of hydrogen-bond donors (Lipinski definition) is 2. The maximum atomic E-state index is 11.9. The van der Waals surface area contributed by atoms with Crippen LogP contribution in [0.25, 0.3) is 0 Å². The van der Waals surface area contributed by atoms with Gasteiger partial charge in [0.25, 0.3) is 5.91 Å². The van der Waals surface area contributed by atoms with Gasteiger partial charge in [-0.15, -0.1) is 12.4 Å². The number of aromatic nitrogens is 1. The highest BCUT2D eigenvalue weighted by Crippen LogP contribution is 2.12. The molecule has 0 spiro atoms. The Bertz CT molecular complexity index is 526. The van der Waals surface area contributed by atoms with E-state index >= 15 is 0 Å². The summed E-state index contributed by atoms with van der Waals surface area (Å²) in [6.45, 7) is 1.91. The van der Waals surface area contributed by atoms with Gasteiger partial charge in [0.2, 0.25) is 0 Å². The Morgan fingerprint density at radius 3 is 2.26 bits per heavy atom. The topological polar surface area (TPSA) is 68.0 Å². The molecule has 2 rings (SSSR count). The van der Waals surface area contributed by atoms with E-state index in [1.54, 1.807) is 36.7 Å². The monoisotopic (exact) mass is 277 g/mol. The minimum Gasteiger partial charge on any atom is -0.324 e. The van der Waals surface area contributed by atoms with E-state index in [9.17, 15) is 4.79 Å². The van der Waals surface area contributed by atoms with E-state index in [1.165, 1.54) is 0 Å². The normalized spacial score (nSPS) is 11.3. The second-order valence-electron chi connectivity index (χ2n) is 4.10. The summed E-state index contributed by atoms with van der Waals surface area (Å²) in [5.41, 5.74) is 8.10. The second kappa shape index (κ2) is 6.87. The zero-order chi connectivity index (χ0) is 13.0. The number of nitrogens with two attached hydrogens (primary N) is 1. The Balaban J connectivity index is 0.00000180. The van der Waals surface area contributed by atoms with E-state index in [-0.39, 0.29) is 24.4 Å². The van der Waals surface area contributed by atoms with Gasteiger partial charge in [-0.25, -0.2) is 0 Å². The zero-order valence-corrected chi connectivity index (χ0v) is 11.4. The molecule has 1 aromatic heterocycles. The van der Waals surface area contributed by atoms with Crippen molar-refractivity contribution in [3.63, 3.8) is 0 Å². The summed E-state index contributed by atoms with van der Waals surface area (Å²) in [6.07, 6.45) is 3.27. The van der Waals surface area contributed by atoms with Crippen molar-refractivity contribution in [3.8, 4) is 0 Å². The molecule has 0 aliphatic carbocycles. The van der Waals surface area contributed by atoms with Crippen LogP contribution in [0.1, 0.15) is 28.9 Å². The third kappa shape index (κ3) is 4.05. The van der Waals surface area contributed by atoms with Crippen molar-refractivity contribution in [1.82, 2.24) is 4.98 Å². The minimum absolute atomic E-state index is 0. The van der Waals surface area contributed by atoms with E-state index in [1.807, 2.05) is 19.1 Å². The first-order valence-electron chi connectivity index (χ1n) is 5.74. The molecule has 1 amide bonds. The van der Waals surface area contributed by atoms with Gasteiger partial charge in [0.1, 0.15) is 0 Å². The highest BCUT2D eigenvalue weighted by molar-refractivity contribution is 6.04. The number of benzene rings is 1. The lowest BCUT2D eigenvalue weighted by Gasteiger charge is -2.07. The number of pyridine rings is 1. The SMILES string of the molecule is C[C@@H](N)c1ccc(C(=O)Nc2ccncc2)cc1.Cl. The third-order valence-electron chi connectivity index (χ3n) is 2.64. The van der Waals surface area contributed by atoms with Crippen LogP contribution in [-0.2, 0) is 0 Å². The van der Waals surface area contributed by atoms with Gasteiger partial charge in [-0.2, -0.15) is 0 Å². The van der Waals surface area contributed by atoms with Gasteiger partial charge in [-0.05, 0) is 36.8 Å². The van der Waals surface area contributed by atoms with Crippen LogP contribution in [0.5, 0.6) is 0 Å². The molecule has 0 aliphatic rings. The molecule has 0 bridgehead atoms. The number of halogens is 1. The Labute approximate surface area is 118 Å². The minimum atomic E-state index is -0.141. The fraction of sp³-hybridized carbons (Fsp3) is 0.143. The number of amides is 1. The molecule has 1 heterocycles. The Kier molecular flexibility index (Phi) is 5.48. The molecular weight excluding hydrogens is 262 g/mol. The van der Waals surface area contributed by atoms with Crippen LogP contribution in [-0.4, -0.2) is 10.9 Å². The van der Waals surface area contributed by atoms with Gasteiger partial charge in [0.15, 0.2) is 0 Å². The lowest BCUT2D eigenvalue weighted by atomic mass is 10.1. The highest BCUT2D eigenvalue weighted by atomic mass is 35.5. The zero-order valence-electron chi connectivity index (χ0n) is 10.5. The molecular formula is C14H16ClN3O. The van der Waals surface area contributed by atoms with Crippen molar-refractivity contribution in [2.45, 2.75) is 13.0 Å². The number of nitrogens with one attached hydrogen (secondary N) is 1. The number of nitrogens with zero attached hydrogens (tertiary/aromatic N) is 1. The summed E-state index contributed by atoms with van der Waals surface area (Å²) in [4.78, 5) is 15.8. The average Bonchev–Trinajstić information content (AvgIpc) is 2.40. The molecule has 0 radical (unpaired) electrons. The van der Waals surface area contributed by atoms with Gasteiger partial charge in [-0.1, -0.05) is 12.1 Å². The summed E-state index contributed by atoms with van der Waals surface area (Å²) in [5.74, 6) is -0.141. The summed E-state index contributed by atoms with van der Waals surface area (Å²) < 4.78 is 0. The first kappa shape index (κ1) is 15.1. The van der Waals surface area contributed by atoms with Crippen LogP contribution >= 0.6 is 12.4 Å². The molecule has 0 aliphatic heterocycles. The third-order valence-corrected chi connectivity index (χ3v) is 2.64. The fourth-order valence-corrected chi connectivity index (χ4v) is 1.58. The predicted octanol–water partition coefficient (Wildman–Crippen LogP) is 2.78. The van der Waals surface area contributed by atoms with E-state index in [4.69, 9.17) is 5.73 Å². The number of hydrogen-bond acceptors (Lipinski definition) is 3. The molecule has 100 valence electrons. The standard InChI is InChI=1S/C14H15N3O.ClH/c1-10(15)11-2-4-12(5-3-11)14(18)17-13-6-8-16-9-7-13;/h2-10H,15H2,1H3,(H,16,17,18);1H/t10-;/m1./s1. The molecule has 0 saturated heterocycles. The lowest BCUT2D eigenvalue weighted by Crippen LogP contribution is -2.12. The van der Waals surface area contributed by atoms with Crippen LogP contribution in [0.4, 0.5) is 5.69 Å². The maximum Gasteiger partial charge on any atom is 0.255 e. The van der Waals surface area contributed by atoms with Crippen molar-refractivity contribution in [2.75, 3.05) is 5.32 Å². The second-order valence-corrected chi connectivity index (χ2v) is 4.10. The van der Waals surface area contributed by atoms with E-state index in [0.29, 0.717) is 5.56 Å². The van der Waals surface area contributed by atoms with Gasteiger partial charge in [0.05, 0.1) is 0 Å². The van der Waals surface area contributed by atoms with Crippen molar-refractivity contribution in [3.05, 3.63) is 59.9 Å². The number of rotatable bonds is 3. The van der Waals surface area contributed by atoms with Crippen molar-refractivity contribution in [2.24, 2.45) is 5.73 Å². The van der Waals surface area contributed by atoms with Crippen molar-refractivity contribution >= 4 is 24.0 Å². The van der Waals surface area contributed by atoms with Gasteiger partial charge in [0, 0.05) is 29.7 Å². The van der Waals surface area contributed by atoms with E-state index in [2.05, 4.69) is 10.3 Å². The van der Waals surface area contributed by atoms with E-state index < -0.39 is 0 Å². The Morgan fingerprint density at radius 2 is 1.74 bits per heavy atom. The molecule has 0 saturated carbocycles. The predicted molar refractivity (Wildman–Crippen MR) is 78.5 cm³/mol. The van der Waals surface area contributed by atoms with Crippen LogP contribution in [0.2, 0.25) is 0 Å². The van der Waals surface area contributed by atoms with Crippen molar-refractivity contribution in [1.29, 1.82) is 0 Å². The van der Waals surface area contributed by atoms with Gasteiger partial charge >= 0.3 is 0 Å². The van der Waals surface area contributed by atoms with Gasteiger partial charge < -0.3 is 11.1 Å². The van der Waals surface area contributed by atoms with E-state index in [0.717, 1.165) is 11.3 Å².